The first kappa shape index (κ1) is 12.7. The van der Waals surface area contributed by atoms with Crippen molar-refractivity contribution in [2.75, 3.05) is 13.7 Å². The molecule has 0 bridgehead atoms. The smallest absolute Gasteiger partial charge is 0.166 e. The summed E-state index contributed by atoms with van der Waals surface area (Å²) in [4.78, 5) is 0. The molecular formula is C13H18BrNO2. The first-order valence-electron chi connectivity index (χ1n) is 5.84. The van der Waals surface area contributed by atoms with Crippen molar-refractivity contribution in [1.29, 1.82) is 0 Å². The Hall–Kier alpha value is -0.740. The molecule has 0 amide bonds. The summed E-state index contributed by atoms with van der Waals surface area (Å²) in [6.07, 6.45) is 1.12. The largest absolute Gasteiger partial charge is 0.493 e. The first-order chi connectivity index (χ1) is 8.08. The molecule has 1 aromatic carbocycles. The lowest BCUT2D eigenvalue weighted by Gasteiger charge is -2.16. The van der Waals surface area contributed by atoms with Crippen LogP contribution in [0.25, 0.3) is 0 Å². The van der Waals surface area contributed by atoms with Crippen LogP contribution in [0, 0.1) is 0 Å². The third-order valence-electron chi connectivity index (χ3n) is 3.22. The number of rotatable bonds is 3. The van der Waals surface area contributed by atoms with Gasteiger partial charge in [0, 0.05) is 16.5 Å². The number of halogens is 1. The van der Waals surface area contributed by atoms with E-state index in [1.165, 1.54) is 11.1 Å². The molecule has 0 saturated heterocycles. The molecule has 0 aromatic heterocycles. The molecule has 1 aliphatic rings. The van der Waals surface area contributed by atoms with Crippen LogP contribution in [0.2, 0.25) is 0 Å². The van der Waals surface area contributed by atoms with Gasteiger partial charge in [-0.25, -0.2) is 0 Å². The number of nitrogens with two attached hydrogens (primary N) is 1. The van der Waals surface area contributed by atoms with Crippen LogP contribution in [0.15, 0.2) is 10.5 Å². The Morgan fingerprint density at radius 1 is 1.65 bits per heavy atom. The van der Waals surface area contributed by atoms with Crippen LogP contribution < -0.4 is 15.2 Å². The third kappa shape index (κ3) is 2.16. The number of benzene rings is 1. The molecule has 0 spiro atoms. The predicted molar refractivity (Wildman–Crippen MR) is 72.0 cm³/mol. The van der Waals surface area contributed by atoms with Crippen LogP contribution in [0.4, 0.5) is 0 Å². The Labute approximate surface area is 110 Å². The van der Waals surface area contributed by atoms with Crippen LogP contribution >= 0.6 is 15.9 Å². The van der Waals surface area contributed by atoms with Crippen molar-refractivity contribution in [3.63, 3.8) is 0 Å². The standard InChI is InChI=1S/C13H18BrNO2/c1-7(6-15)9-5-11(16-3)13-10(12(9)14)4-8(2)17-13/h5,7-8H,4,6,15H2,1-3H3. The highest BCUT2D eigenvalue weighted by atomic mass is 79.9. The van der Waals surface area contributed by atoms with E-state index in [9.17, 15) is 0 Å². The van der Waals surface area contributed by atoms with Gasteiger partial charge in [0.1, 0.15) is 6.10 Å². The molecule has 1 aromatic rings. The number of hydrogen-bond acceptors (Lipinski definition) is 3. The topological polar surface area (TPSA) is 44.5 Å². The molecule has 3 nitrogen and oxygen atoms in total. The monoisotopic (exact) mass is 299 g/mol. The van der Waals surface area contributed by atoms with Gasteiger partial charge in [0.25, 0.3) is 0 Å². The quantitative estimate of drug-likeness (QED) is 0.933. The van der Waals surface area contributed by atoms with Gasteiger partial charge in [-0.2, -0.15) is 0 Å². The zero-order valence-corrected chi connectivity index (χ0v) is 12.0. The minimum Gasteiger partial charge on any atom is -0.493 e. The van der Waals surface area contributed by atoms with E-state index in [0.717, 1.165) is 22.4 Å². The molecule has 0 saturated carbocycles. The molecule has 1 heterocycles. The zero-order chi connectivity index (χ0) is 12.6. The second-order valence-corrected chi connectivity index (χ2v) is 5.35. The van der Waals surface area contributed by atoms with Crippen molar-refractivity contribution in [2.45, 2.75) is 32.3 Å². The average molecular weight is 300 g/mol. The van der Waals surface area contributed by atoms with Gasteiger partial charge in [0.2, 0.25) is 0 Å². The van der Waals surface area contributed by atoms with Crippen LogP contribution in [0.3, 0.4) is 0 Å². The summed E-state index contributed by atoms with van der Waals surface area (Å²) < 4.78 is 12.3. The maximum absolute atomic E-state index is 5.79. The first-order valence-corrected chi connectivity index (χ1v) is 6.63. The SMILES string of the molecule is COc1cc(C(C)CN)c(Br)c2c1OC(C)C2. The van der Waals surface area contributed by atoms with Gasteiger partial charge in [-0.1, -0.05) is 22.9 Å². The molecule has 0 radical (unpaired) electrons. The summed E-state index contributed by atoms with van der Waals surface area (Å²) >= 11 is 3.67. The van der Waals surface area contributed by atoms with E-state index >= 15 is 0 Å². The second kappa shape index (κ2) is 4.86. The van der Waals surface area contributed by atoms with Crippen molar-refractivity contribution >= 4 is 15.9 Å². The predicted octanol–water partition coefficient (Wildman–Crippen LogP) is 2.84. The van der Waals surface area contributed by atoms with Crippen molar-refractivity contribution in [1.82, 2.24) is 0 Å². The van der Waals surface area contributed by atoms with E-state index in [4.69, 9.17) is 15.2 Å². The highest BCUT2D eigenvalue weighted by Crippen LogP contribution is 2.45. The lowest BCUT2D eigenvalue weighted by Crippen LogP contribution is -2.10. The Morgan fingerprint density at radius 2 is 2.35 bits per heavy atom. The molecule has 0 aliphatic carbocycles. The average Bonchev–Trinajstić information content (AvgIpc) is 2.71. The van der Waals surface area contributed by atoms with Crippen molar-refractivity contribution in [3.8, 4) is 11.5 Å². The Kier molecular flexibility index (Phi) is 3.64. The molecule has 2 N–H and O–H groups in total. The van der Waals surface area contributed by atoms with Crippen LogP contribution in [-0.4, -0.2) is 19.8 Å². The fourth-order valence-electron chi connectivity index (χ4n) is 2.17. The minimum atomic E-state index is 0.207. The van der Waals surface area contributed by atoms with Gasteiger partial charge in [-0.3, -0.25) is 0 Å². The Morgan fingerprint density at radius 3 is 2.94 bits per heavy atom. The lowest BCUT2D eigenvalue weighted by molar-refractivity contribution is 0.243. The van der Waals surface area contributed by atoms with Gasteiger partial charge in [-0.05, 0) is 31.0 Å². The normalized spacial score (nSPS) is 19.7. The summed E-state index contributed by atoms with van der Waals surface area (Å²) in [5.74, 6) is 1.99. The minimum absolute atomic E-state index is 0.207. The van der Waals surface area contributed by atoms with Gasteiger partial charge in [0.05, 0.1) is 7.11 Å². The van der Waals surface area contributed by atoms with E-state index < -0.39 is 0 Å². The van der Waals surface area contributed by atoms with E-state index in [2.05, 4.69) is 29.8 Å². The Bertz CT molecular complexity index is 434. The molecule has 94 valence electrons. The van der Waals surface area contributed by atoms with Crippen LogP contribution in [-0.2, 0) is 6.42 Å². The van der Waals surface area contributed by atoms with E-state index in [-0.39, 0.29) is 6.10 Å². The molecule has 4 heteroatoms. The van der Waals surface area contributed by atoms with Gasteiger partial charge < -0.3 is 15.2 Å². The summed E-state index contributed by atoms with van der Waals surface area (Å²) in [5, 5.41) is 0. The number of hydrogen-bond donors (Lipinski definition) is 1. The van der Waals surface area contributed by atoms with Crippen LogP contribution in [0.1, 0.15) is 30.9 Å². The summed E-state index contributed by atoms with van der Waals surface area (Å²) in [6, 6.07) is 2.03. The van der Waals surface area contributed by atoms with Gasteiger partial charge in [0.15, 0.2) is 11.5 Å². The molecular weight excluding hydrogens is 282 g/mol. The van der Waals surface area contributed by atoms with Gasteiger partial charge >= 0.3 is 0 Å². The summed E-state index contributed by atoms with van der Waals surface area (Å²) in [7, 11) is 1.67. The third-order valence-corrected chi connectivity index (χ3v) is 4.15. The van der Waals surface area contributed by atoms with Crippen molar-refractivity contribution < 1.29 is 9.47 Å². The molecule has 0 fully saturated rings. The van der Waals surface area contributed by atoms with Crippen molar-refractivity contribution in [3.05, 3.63) is 21.7 Å². The fraction of sp³-hybridized carbons (Fsp3) is 0.538. The summed E-state index contributed by atoms with van der Waals surface area (Å²) in [5.41, 5.74) is 8.14. The molecule has 2 atom stereocenters. The number of methoxy groups -OCH3 is 1. The highest BCUT2D eigenvalue weighted by molar-refractivity contribution is 9.10. The zero-order valence-electron chi connectivity index (χ0n) is 10.4. The van der Waals surface area contributed by atoms with E-state index in [1.54, 1.807) is 7.11 Å². The Balaban J connectivity index is 2.55. The second-order valence-electron chi connectivity index (χ2n) is 4.56. The van der Waals surface area contributed by atoms with E-state index in [1.807, 2.05) is 6.07 Å². The maximum Gasteiger partial charge on any atom is 0.166 e. The van der Waals surface area contributed by atoms with Gasteiger partial charge in [-0.15, -0.1) is 0 Å². The highest BCUT2D eigenvalue weighted by Gasteiger charge is 2.28. The molecule has 2 rings (SSSR count). The number of fused-ring (bicyclic) bond motifs is 1. The fourth-order valence-corrected chi connectivity index (χ4v) is 3.02. The molecule has 1 aliphatic heterocycles. The van der Waals surface area contributed by atoms with Crippen LogP contribution in [0.5, 0.6) is 11.5 Å². The maximum atomic E-state index is 5.79. The van der Waals surface area contributed by atoms with Crippen molar-refractivity contribution in [2.24, 2.45) is 5.73 Å². The summed E-state index contributed by atoms with van der Waals surface area (Å²) in [6.45, 7) is 4.81. The lowest BCUT2D eigenvalue weighted by atomic mass is 9.97. The molecule has 2 unspecified atom stereocenters. The molecule has 17 heavy (non-hydrogen) atoms. The van der Waals surface area contributed by atoms with E-state index in [0.29, 0.717) is 12.5 Å². The number of ether oxygens (including phenoxy) is 2.